The smallest absolute Gasteiger partial charge is 0.322 e. The van der Waals surface area contributed by atoms with Gasteiger partial charge in [-0.3, -0.25) is 0 Å². The number of aromatic nitrogens is 6. The van der Waals surface area contributed by atoms with Gasteiger partial charge in [0.2, 0.25) is 5.28 Å². The molecule has 2 rings (SSSR count). The molecule has 0 aliphatic rings. The summed E-state index contributed by atoms with van der Waals surface area (Å²) in [5.41, 5.74) is 0. The molecule has 7 nitrogen and oxygen atoms in total. The Bertz CT molecular complexity index is 525. The lowest BCUT2D eigenvalue weighted by Crippen LogP contribution is -2.07. The van der Waals surface area contributed by atoms with Gasteiger partial charge in [-0.25, -0.2) is 4.98 Å². The quantitative estimate of drug-likeness (QED) is 0.770. The van der Waals surface area contributed by atoms with E-state index in [2.05, 4.69) is 25.0 Å². The van der Waals surface area contributed by atoms with Crippen LogP contribution < -0.4 is 4.74 Å². The van der Waals surface area contributed by atoms with Crippen LogP contribution in [-0.2, 0) is 0 Å². The average Bonchev–Trinajstić information content (AvgIpc) is 2.57. The highest BCUT2D eigenvalue weighted by Gasteiger charge is 2.11. The SMILES string of the molecule is COc1nc(Cl)nc(-n2nc(C)nc2C)n1. The van der Waals surface area contributed by atoms with E-state index < -0.39 is 0 Å². The van der Waals surface area contributed by atoms with Crippen molar-refractivity contribution in [2.24, 2.45) is 0 Å². The second kappa shape index (κ2) is 4.01. The fraction of sp³-hybridized carbons (Fsp3) is 0.375. The Balaban J connectivity index is 2.55. The minimum atomic E-state index is 0.0504. The third-order valence-corrected chi connectivity index (χ3v) is 1.99. The first-order valence-electron chi connectivity index (χ1n) is 4.46. The van der Waals surface area contributed by atoms with Crippen LogP contribution in [0.5, 0.6) is 6.01 Å². The predicted molar refractivity (Wildman–Crippen MR) is 55.8 cm³/mol. The number of methoxy groups -OCH3 is 1. The maximum atomic E-state index is 5.73. The van der Waals surface area contributed by atoms with Gasteiger partial charge in [-0.15, -0.1) is 5.10 Å². The number of ether oxygens (including phenoxy) is 1. The third kappa shape index (κ3) is 1.94. The third-order valence-electron chi connectivity index (χ3n) is 1.82. The molecule has 0 amide bonds. The summed E-state index contributed by atoms with van der Waals surface area (Å²) in [4.78, 5) is 15.9. The van der Waals surface area contributed by atoms with Crippen LogP contribution in [0.2, 0.25) is 5.28 Å². The summed E-state index contributed by atoms with van der Waals surface area (Å²) in [6, 6.07) is 0.141. The van der Waals surface area contributed by atoms with Crippen molar-refractivity contribution < 1.29 is 4.74 Å². The predicted octanol–water partition coefficient (Wildman–Crippen LogP) is 0.731. The Morgan fingerprint density at radius 3 is 2.44 bits per heavy atom. The zero-order valence-electron chi connectivity index (χ0n) is 8.97. The van der Waals surface area contributed by atoms with Crippen molar-refractivity contribution in [3.63, 3.8) is 0 Å². The fourth-order valence-electron chi connectivity index (χ4n) is 1.22. The van der Waals surface area contributed by atoms with E-state index >= 15 is 0 Å². The van der Waals surface area contributed by atoms with Gasteiger partial charge in [0, 0.05) is 0 Å². The van der Waals surface area contributed by atoms with Gasteiger partial charge < -0.3 is 4.74 Å². The Morgan fingerprint density at radius 2 is 1.88 bits per heavy atom. The summed E-state index contributed by atoms with van der Waals surface area (Å²) in [6.07, 6.45) is 0. The zero-order chi connectivity index (χ0) is 11.7. The molecule has 0 fully saturated rings. The maximum absolute atomic E-state index is 5.73. The van der Waals surface area contributed by atoms with Gasteiger partial charge in [-0.05, 0) is 25.4 Å². The van der Waals surface area contributed by atoms with Crippen molar-refractivity contribution in [2.75, 3.05) is 7.11 Å². The van der Waals surface area contributed by atoms with Crippen molar-refractivity contribution >= 4 is 11.6 Å². The second-order valence-corrected chi connectivity index (χ2v) is 3.35. The van der Waals surface area contributed by atoms with E-state index in [0.717, 1.165) is 0 Å². The first kappa shape index (κ1) is 10.7. The normalized spacial score (nSPS) is 10.5. The van der Waals surface area contributed by atoms with Gasteiger partial charge in [-0.2, -0.15) is 19.6 Å². The standard InChI is InChI=1S/C8H9ClN6O/c1-4-10-5(2)15(14-4)7-11-6(9)12-8(13-7)16-3/h1-3H3. The molecule has 84 valence electrons. The molecule has 0 bridgehead atoms. The molecule has 0 aromatic carbocycles. The summed E-state index contributed by atoms with van der Waals surface area (Å²) in [5.74, 6) is 1.59. The molecular weight excluding hydrogens is 232 g/mol. The monoisotopic (exact) mass is 240 g/mol. The van der Waals surface area contributed by atoms with Crippen LogP contribution >= 0.6 is 11.6 Å². The number of hydrogen-bond donors (Lipinski definition) is 0. The summed E-state index contributed by atoms with van der Waals surface area (Å²) >= 11 is 5.73. The Hall–Kier alpha value is -1.76. The van der Waals surface area contributed by atoms with E-state index in [0.29, 0.717) is 11.6 Å². The van der Waals surface area contributed by atoms with Crippen molar-refractivity contribution in [1.82, 2.24) is 29.7 Å². The lowest BCUT2D eigenvalue weighted by Gasteiger charge is -2.02. The molecule has 16 heavy (non-hydrogen) atoms. The molecule has 0 aliphatic carbocycles. The Labute approximate surface area is 96.5 Å². The van der Waals surface area contributed by atoms with E-state index in [-0.39, 0.29) is 17.2 Å². The van der Waals surface area contributed by atoms with Crippen molar-refractivity contribution in [1.29, 1.82) is 0 Å². The number of hydrogen-bond acceptors (Lipinski definition) is 6. The average molecular weight is 241 g/mol. The molecule has 2 aromatic heterocycles. The molecule has 0 saturated carbocycles. The molecule has 0 atom stereocenters. The minimum Gasteiger partial charge on any atom is -0.467 e. The first-order chi connectivity index (χ1) is 7.60. The number of nitrogens with zero attached hydrogens (tertiary/aromatic N) is 6. The summed E-state index contributed by atoms with van der Waals surface area (Å²) in [5, 5.41) is 4.19. The largest absolute Gasteiger partial charge is 0.467 e. The van der Waals surface area contributed by atoms with Crippen molar-refractivity contribution in [3.05, 3.63) is 16.9 Å². The van der Waals surface area contributed by atoms with Crippen LogP contribution in [0.15, 0.2) is 0 Å². The van der Waals surface area contributed by atoms with Gasteiger partial charge in [0.1, 0.15) is 11.6 Å². The van der Waals surface area contributed by atoms with Gasteiger partial charge in [0.05, 0.1) is 7.11 Å². The molecule has 8 heteroatoms. The van der Waals surface area contributed by atoms with Gasteiger partial charge in [0.25, 0.3) is 5.95 Å². The molecular formula is C8H9ClN6O. The van der Waals surface area contributed by atoms with Crippen LogP contribution in [0, 0.1) is 13.8 Å². The highest BCUT2D eigenvalue weighted by Crippen LogP contribution is 2.11. The molecule has 0 aliphatic heterocycles. The molecule has 0 N–H and O–H groups in total. The number of rotatable bonds is 2. The lowest BCUT2D eigenvalue weighted by atomic mass is 10.7. The topological polar surface area (TPSA) is 78.6 Å². The zero-order valence-corrected chi connectivity index (χ0v) is 9.73. The maximum Gasteiger partial charge on any atom is 0.322 e. The van der Waals surface area contributed by atoms with E-state index in [1.54, 1.807) is 13.8 Å². The minimum absolute atomic E-state index is 0.0504. The van der Waals surface area contributed by atoms with Gasteiger partial charge >= 0.3 is 6.01 Å². The molecule has 2 aromatic rings. The summed E-state index contributed by atoms with van der Waals surface area (Å²) in [6.45, 7) is 3.58. The van der Waals surface area contributed by atoms with E-state index in [1.807, 2.05) is 0 Å². The lowest BCUT2D eigenvalue weighted by molar-refractivity contribution is 0.376. The van der Waals surface area contributed by atoms with Crippen LogP contribution in [0.4, 0.5) is 0 Å². The number of aryl methyl sites for hydroxylation is 2. The highest BCUT2D eigenvalue weighted by atomic mass is 35.5. The van der Waals surface area contributed by atoms with Gasteiger partial charge in [0.15, 0.2) is 0 Å². The molecule has 0 spiro atoms. The molecule has 0 radical (unpaired) electrons. The molecule has 0 unspecified atom stereocenters. The summed E-state index contributed by atoms with van der Waals surface area (Å²) in [7, 11) is 1.45. The second-order valence-electron chi connectivity index (χ2n) is 3.01. The fourth-order valence-corrected chi connectivity index (χ4v) is 1.37. The number of halogens is 1. The van der Waals surface area contributed by atoms with Crippen LogP contribution in [0.25, 0.3) is 5.95 Å². The molecule has 2 heterocycles. The Kier molecular flexibility index (Phi) is 2.69. The van der Waals surface area contributed by atoms with Crippen LogP contribution in [0.3, 0.4) is 0 Å². The summed E-state index contributed by atoms with van der Waals surface area (Å²) < 4.78 is 6.37. The van der Waals surface area contributed by atoms with Crippen molar-refractivity contribution in [3.8, 4) is 12.0 Å². The van der Waals surface area contributed by atoms with Crippen LogP contribution in [-0.4, -0.2) is 36.8 Å². The van der Waals surface area contributed by atoms with Crippen molar-refractivity contribution in [2.45, 2.75) is 13.8 Å². The van der Waals surface area contributed by atoms with Crippen LogP contribution in [0.1, 0.15) is 11.6 Å². The van der Waals surface area contributed by atoms with E-state index in [1.165, 1.54) is 11.8 Å². The van der Waals surface area contributed by atoms with E-state index in [4.69, 9.17) is 16.3 Å². The van der Waals surface area contributed by atoms with Gasteiger partial charge in [-0.1, -0.05) is 0 Å². The highest BCUT2D eigenvalue weighted by molar-refractivity contribution is 6.28. The van der Waals surface area contributed by atoms with E-state index in [9.17, 15) is 0 Å². The first-order valence-corrected chi connectivity index (χ1v) is 4.84. The molecule has 0 saturated heterocycles. The Morgan fingerprint density at radius 1 is 1.12 bits per heavy atom.